The van der Waals surface area contributed by atoms with Crippen LogP contribution in [0.5, 0.6) is 0 Å². The monoisotopic (exact) mass is 466 g/mol. The number of imide groups is 1. The lowest BCUT2D eigenvalue weighted by molar-refractivity contribution is -0.140. The number of amides is 3. The molecule has 2 aromatic carbocycles. The van der Waals surface area contributed by atoms with Gasteiger partial charge in [0.15, 0.2) is 0 Å². The van der Waals surface area contributed by atoms with Crippen molar-refractivity contribution in [2.24, 2.45) is 5.92 Å². The molecule has 2 atom stereocenters. The van der Waals surface area contributed by atoms with E-state index < -0.39 is 29.9 Å². The second kappa shape index (κ2) is 10.9. The number of hydrogen-bond acceptors (Lipinski definition) is 6. The van der Waals surface area contributed by atoms with E-state index in [1.165, 1.54) is 12.1 Å². The molecule has 3 rings (SSSR count). The molecule has 2 aromatic rings. The lowest BCUT2D eigenvalue weighted by Gasteiger charge is -2.25. The summed E-state index contributed by atoms with van der Waals surface area (Å²) in [6, 6.07) is 12.0. The predicted molar refractivity (Wildman–Crippen MR) is 127 cm³/mol. The number of carboxylic acid groups (broad SMARTS) is 1. The van der Waals surface area contributed by atoms with Gasteiger partial charge < -0.3 is 16.2 Å². The number of carboxylic acids is 1. The van der Waals surface area contributed by atoms with Crippen LogP contribution >= 0.6 is 0 Å². The number of carbonyl (C=O) groups excluding carboxylic acids is 3. The molecule has 3 amide bonds. The minimum atomic E-state index is -1.16. The molecule has 0 aromatic heterocycles. The molecular weight excluding hydrogens is 436 g/mol. The minimum Gasteiger partial charge on any atom is -0.480 e. The van der Waals surface area contributed by atoms with Crippen molar-refractivity contribution in [3.63, 3.8) is 0 Å². The van der Waals surface area contributed by atoms with Gasteiger partial charge in [-0.1, -0.05) is 44.2 Å². The van der Waals surface area contributed by atoms with Crippen molar-refractivity contribution in [3.8, 4) is 0 Å². The Balaban J connectivity index is 1.65. The Morgan fingerprint density at radius 1 is 1.00 bits per heavy atom. The molecule has 180 valence electrons. The first kappa shape index (κ1) is 24.9. The standard InChI is InChI=1S/C25H30N4O5/c1-15(2)12-21(22(30)27-14-16-6-4-3-5-7-16)28-20(25(33)34)10-11-29-23(31)18-9-8-17(26)13-19(18)24(29)32/h3-9,13,15,20-21,28H,10-12,14,26H2,1-2H3,(H,27,30)(H,33,34)/t20?,21-/m0/s1. The molecule has 0 bridgehead atoms. The lowest BCUT2D eigenvalue weighted by Crippen LogP contribution is -2.52. The summed E-state index contributed by atoms with van der Waals surface area (Å²) in [6.45, 7) is 4.11. The third-order valence-corrected chi connectivity index (χ3v) is 5.67. The van der Waals surface area contributed by atoms with Crippen molar-refractivity contribution in [2.45, 2.75) is 45.3 Å². The van der Waals surface area contributed by atoms with Gasteiger partial charge >= 0.3 is 5.97 Å². The summed E-state index contributed by atoms with van der Waals surface area (Å²) in [5.74, 6) is -2.32. The summed E-state index contributed by atoms with van der Waals surface area (Å²) < 4.78 is 0. The SMILES string of the molecule is CC(C)C[C@H](NC(CCN1C(=O)c2ccc(N)cc2C1=O)C(=O)O)C(=O)NCc1ccccc1. The molecule has 0 saturated carbocycles. The number of fused-ring (bicyclic) bond motifs is 1. The van der Waals surface area contributed by atoms with Crippen LogP contribution in [0.2, 0.25) is 0 Å². The molecule has 34 heavy (non-hydrogen) atoms. The number of benzene rings is 2. The Hall–Kier alpha value is -3.72. The highest BCUT2D eigenvalue weighted by atomic mass is 16.4. The summed E-state index contributed by atoms with van der Waals surface area (Å²) in [5.41, 5.74) is 7.48. The topological polar surface area (TPSA) is 142 Å². The van der Waals surface area contributed by atoms with Gasteiger partial charge in [0.2, 0.25) is 5.91 Å². The third-order valence-electron chi connectivity index (χ3n) is 5.67. The van der Waals surface area contributed by atoms with Gasteiger partial charge in [-0.2, -0.15) is 0 Å². The molecule has 0 spiro atoms. The maximum absolute atomic E-state index is 12.9. The highest BCUT2D eigenvalue weighted by Gasteiger charge is 2.36. The van der Waals surface area contributed by atoms with Crippen LogP contribution in [-0.2, 0) is 16.1 Å². The maximum atomic E-state index is 12.9. The van der Waals surface area contributed by atoms with E-state index in [1.54, 1.807) is 6.07 Å². The normalized spacial score (nSPS) is 14.7. The number of hydrogen-bond donors (Lipinski definition) is 4. The summed E-state index contributed by atoms with van der Waals surface area (Å²) in [4.78, 5) is 51.1. The summed E-state index contributed by atoms with van der Waals surface area (Å²) in [6.07, 6.45) is 0.382. The second-order valence-electron chi connectivity index (χ2n) is 8.80. The first-order valence-electron chi connectivity index (χ1n) is 11.2. The fourth-order valence-electron chi connectivity index (χ4n) is 3.92. The van der Waals surface area contributed by atoms with Gasteiger partial charge in [-0.25, -0.2) is 0 Å². The zero-order valence-corrected chi connectivity index (χ0v) is 19.3. The number of nitrogens with zero attached hydrogens (tertiary/aromatic N) is 1. The number of rotatable bonds is 11. The van der Waals surface area contributed by atoms with Crippen LogP contribution in [0.4, 0.5) is 5.69 Å². The Morgan fingerprint density at radius 3 is 2.32 bits per heavy atom. The molecule has 1 aliphatic rings. The van der Waals surface area contributed by atoms with E-state index in [1.807, 2.05) is 44.2 Å². The molecule has 9 heteroatoms. The van der Waals surface area contributed by atoms with Crippen LogP contribution in [0.1, 0.15) is 53.0 Å². The smallest absolute Gasteiger partial charge is 0.320 e. The summed E-state index contributed by atoms with van der Waals surface area (Å²) in [5, 5.41) is 15.5. The van der Waals surface area contributed by atoms with Crippen LogP contribution < -0.4 is 16.4 Å². The molecule has 0 radical (unpaired) electrons. The van der Waals surface area contributed by atoms with Crippen molar-refractivity contribution >= 4 is 29.4 Å². The summed E-state index contributed by atoms with van der Waals surface area (Å²) in [7, 11) is 0. The number of nitrogens with two attached hydrogens (primary N) is 1. The van der Waals surface area contributed by atoms with Gasteiger partial charge in [0.1, 0.15) is 6.04 Å². The summed E-state index contributed by atoms with van der Waals surface area (Å²) >= 11 is 0. The second-order valence-corrected chi connectivity index (χ2v) is 8.80. The number of nitrogen functional groups attached to an aromatic ring is 1. The van der Waals surface area contributed by atoms with Crippen molar-refractivity contribution in [1.29, 1.82) is 0 Å². The van der Waals surface area contributed by atoms with Gasteiger partial charge in [0.05, 0.1) is 17.2 Å². The first-order valence-corrected chi connectivity index (χ1v) is 11.2. The quantitative estimate of drug-likeness (QED) is 0.293. The van der Waals surface area contributed by atoms with Gasteiger partial charge in [-0.3, -0.25) is 29.4 Å². The van der Waals surface area contributed by atoms with E-state index in [9.17, 15) is 24.3 Å². The largest absolute Gasteiger partial charge is 0.480 e. The molecule has 0 aliphatic carbocycles. The van der Waals surface area contributed by atoms with E-state index in [0.29, 0.717) is 18.7 Å². The van der Waals surface area contributed by atoms with Crippen LogP contribution in [0, 0.1) is 5.92 Å². The maximum Gasteiger partial charge on any atom is 0.320 e. The van der Waals surface area contributed by atoms with E-state index >= 15 is 0 Å². The molecular formula is C25H30N4O5. The highest BCUT2D eigenvalue weighted by molar-refractivity contribution is 6.21. The van der Waals surface area contributed by atoms with E-state index in [0.717, 1.165) is 10.5 Å². The zero-order valence-electron chi connectivity index (χ0n) is 19.3. The number of carbonyl (C=O) groups is 4. The average Bonchev–Trinajstić information content (AvgIpc) is 3.03. The van der Waals surface area contributed by atoms with Crippen molar-refractivity contribution in [1.82, 2.24) is 15.5 Å². The number of aliphatic carboxylic acids is 1. The highest BCUT2D eigenvalue weighted by Crippen LogP contribution is 2.25. The number of nitrogens with one attached hydrogen (secondary N) is 2. The van der Waals surface area contributed by atoms with Gasteiger partial charge in [-0.05, 0) is 42.5 Å². The van der Waals surface area contributed by atoms with Crippen LogP contribution in [0.3, 0.4) is 0 Å². The molecule has 9 nitrogen and oxygen atoms in total. The van der Waals surface area contributed by atoms with Crippen LogP contribution in [0.15, 0.2) is 48.5 Å². The van der Waals surface area contributed by atoms with E-state index in [-0.39, 0.29) is 35.9 Å². The zero-order chi connectivity index (χ0) is 24.8. The van der Waals surface area contributed by atoms with Crippen molar-refractivity contribution < 1.29 is 24.3 Å². The number of anilines is 1. The lowest BCUT2D eigenvalue weighted by atomic mass is 10.0. The Labute approximate surface area is 198 Å². The fraction of sp³-hybridized carbons (Fsp3) is 0.360. The van der Waals surface area contributed by atoms with Gasteiger partial charge in [0, 0.05) is 18.8 Å². The Kier molecular flexibility index (Phi) is 8.01. The van der Waals surface area contributed by atoms with Crippen LogP contribution in [-0.4, -0.2) is 52.3 Å². The minimum absolute atomic E-state index is 0.0448. The van der Waals surface area contributed by atoms with Crippen LogP contribution in [0.25, 0.3) is 0 Å². The molecule has 0 fully saturated rings. The molecule has 1 unspecified atom stereocenters. The van der Waals surface area contributed by atoms with Gasteiger partial charge in [-0.15, -0.1) is 0 Å². The van der Waals surface area contributed by atoms with Gasteiger partial charge in [0.25, 0.3) is 11.8 Å². The molecule has 1 heterocycles. The molecule has 0 saturated heterocycles. The predicted octanol–water partition coefficient (Wildman–Crippen LogP) is 2.03. The molecule has 1 aliphatic heterocycles. The molecule has 5 N–H and O–H groups in total. The van der Waals surface area contributed by atoms with E-state index in [4.69, 9.17) is 5.73 Å². The Morgan fingerprint density at radius 2 is 1.68 bits per heavy atom. The van der Waals surface area contributed by atoms with E-state index in [2.05, 4.69) is 10.6 Å². The first-order chi connectivity index (χ1) is 16.2. The fourth-order valence-corrected chi connectivity index (χ4v) is 3.92. The van der Waals surface area contributed by atoms with Crippen molar-refractivity contribution in [2.75, 3.05) is 12.3 Å². The third kappa shape index (κ3) is 5.99. The average molecular weight is 467 g/mol. The Bertz CT molecular complexity index is 1070. The van der Waals surface area contributed by atoms with Crippen molar-refractivity contribution in [3.05, 3.63) is 65.2 Å².